The molecule has 0 radical (unpaired) electrons. The van der Waals surface area contributed by atoms with Crippen LogP contribution in [-0.4, -0.2) is 60.5 Å². The molecular formula is C21H23NO9. The zero-order valence-corrected chi connectivity index (χ0v) is 17.4. The molecule has 4 unspecified atom stereocenters. The highest BCUT2D eigenvalue weighted by Crippen LogP contribution is 2.39. The highest BCUT2D eigenvalue weighted by atomic mass is 16.7. The molecule has 1 aliphatic heterocycles. The van der Waals surface area contributed by atoms with Gasteiger partial charge < -0.3 is 38.9 Å². The molecule has 1 fully saturated rings. The summed E-state index contributed by atoms with van der Waals surface area (Å²) in [6.45, 7) is 3.38. The number of carbonyl (C=O) groups is 1. The van der Waals surface area contributed by atoms with Gasteiger partial charge in [0.15, 0.2) is 11.3 Å². The number of anilines is 1. The zero-order valence-electron chi connectivity index (χ0n) is 17.4. The number of hydrogen-bond donors (Lipinski definition) is 3. The number of benzene rings is 1. The Balaban J connectivity index is 1.98. The Hall–Kier alpha value is -3.10. The lowest BCUT2D eigenvalue weighted by molar-refractivity contribution is -0.306. The molecule has 1 amide bonds. The fourth-order valence-electron chi connectivity index (χ4n) is 3.50. The van der Waals surface area contributed by atoms with Crippen molar-refractivity contribution in [2.24, 2.45) is 0 Å². The Labute approximate surface area is 177 Å². The Kier molecular flexibility index (Phi) is 6.24. The fourth-order valence-corrected chi connectivity index (χ4v) is 3.50. The van der Waals surface area contributed by atoms with E-state index in [1.807, 2.05) is 5.92 Å². The molecule has 166 valence electrons. The largest absolute Gasteiger partial charge is 0.490 e. The molecule has 0 bridgehead atoms. The van der Waals surface area contributed by atoms with Crippen LogP contribution in [0.15, 0.2) is 27.4 Å². The lowest BCUT2D eigenvalue weighted by atomic mass is 9.89. The molecule has 31 heavy (non-hydrogen) atoms. The summed E-state index contributed by atoms with van der Waals surface area (Å²) in [6, 6.07) is 4.44. The number of fused-ring (bicyclic) bond motifs is 1. The van der Waals surface area contributed by atoms with E-state index in [4.69, 9.17) is 29.8 Å². The highest BCUT2D eigenvalue weighted by Gasteiger charge is 2.50. The first-order valence-corrected chi connectivity index (χ1v) is 9.28. The Morgan fingerprint density at radius 2 is 1.97 bits per heavy atom. The van der Waals surface area contributed by atoms with Crippen LogP contribution in [0.1, 0.15) is 13.8 Å². The predicted molar refractivity (Wildman–Crippen MR) is 109 cm³/mol. The summed E-state index contributed by atoms with van der Waals surface area (Å²) in [5.74, 6) is 1.21. The van der Waals surface area contributed by atoms with Crippen molar-refractivity contribution in [3.63, 3.8) is 0 Å². The Morgan fingerprint density at radius 1 is 1.26 bits per heavy atom. The second-order valence-corrected chi connectivity index (χ2v) is 7.41. The molecule has 2 heterocycles. The van der Waals surface area contributed by atoms with Gasteiger partial charge in [-0.3, -0.25) is 4.79 Å². The molecule has 3 rings (SSSR count). The Bertz CT molecular complexity index is 1080. The number of carbonyl (C=O) groups excluding carboxylic acids is 1. The normalized spacial score (nSPS) is 24.9. The third kappa shape index (κ3) is 4.22. The standard InChI is InChI=1S/C21H23NO9/c1-6-13(23)22-11-9-10-7-8-12(17(27-4)16(10)30-19(11)26)29-20-15(25)14(24)18(28-5)21(2,3)31-20/h1,7-9,14-15,18,20,24-25H,2-5H3,(H,22,23). The number of rotatable bonds is 5. The van der Waals surface area contributed by atoms with Crippen molar-refractivity contribution in [1.82, 2.24) is 0 Å². The third-order valence-corrected chi connectivity index (χ3v) is 4.95. The van der Waals surface area contributed by atoms with Crippen LogP contribution in [0.2, 0.25) is 0 Å². The molecule has 4 atom stereocenters. The van der Waals surface area contributed by atoms with E-state index < -0.39 is 41.7 Å². The van der Waals surface area contributed by atoms with Crippen molar-refractivity contribution >= 4 is 22.6 Å². The first kappa shape index (κ1) is 22.6. The summed E-state index contributed by atoms with van der Waals surface area (Å²) in [6.07, 6.45) is 0.266. The lowest BCUT2D eigenvalue weighted by Crippen LogP contribution is -2.63. The van der Waals surface area contributed by atoms with Crippen LogP contribution < -0.4 is 20.4 Å². The smallest absolute Gasteiger partial charge is 0.360 e. The maximum Gasteiger partial charge on any atom is 0.360 e. The predicted octanol–water partition coefficient (Wildman–Crippen LogP) is 0.624. The minimum absolute atomic E-state index is 0.0450. The molecule has 0 saturated carbocycles. The van der Waals surface area contributed by atoms with Crippen molar-refractivity contribution in [2.45, 2.75) is 44.1 Å². The van der Waals surface area contributed by atoms with Gasteiger partial charge in [-0.2, -0.15) is 0 Å². The van der Waals surface area contributed by atoms with Gasteiger partial charge in [0.1, 0.15) is 24.0 Å². The van der Waals surface area contributed by atoms with Gasteiger partial charge in [-0.05, 0) is 38.0 Å². The van der Waals surface area contributed by atoms with Gasteiger partial charge in [-0.1, -0.05) is 0 Å². The summed E-state index contributed by atoms with van der Waals surface area (Å²) in [5, 5.41) is 23.5. The van der Waals surface area contributed by atoms with Gasteiger partial charge in [0.25, 0.3) is 5.91 Å². The van der Waals surface area contributed by atoms with E-state index in [1.165, 1.54) is 26.4 Å². The monoisotopic (exact) mass is 433 g/mol. The molecular weight excluding hydrogens is 410 g/mol. The zero-order chi connectivity index (χ0) is 22.9. The molecule has 10 nitrogen and oxygen atoms in total. The van der Waals surface area contributed by atoms with Crippen LogP contribution >= 0.6 is 0 Å². The van der Waals surface area contributed by atoms with E-state index >= 15 is 0 Å². The van der Waals surface area contributed by atoms with Crippen LogP contribution in [0.3, 0.4) is 0 Å². The summed E-state index contributed by atoms with van der Waals surface area (Å²) in [7, 11) is 2.75. The molecule has 10 heteroatoms. The van der Waals surface area contributed by atoms with Crippen molar-refractivity contribution in [3.8, 4) is 23.8 Å². The topological polar surface area (TPSA) is 137 Å². The minimum Gasteiger partial charge on any atom is -0.490 e. The number of methoxy groups -OCH3 is 2. The molecule has 1 saturated heterocycles. The van der Waals surface area contributed by atoms with Gasteiger partial charge in [0.2, 0.25) is 12.0 Å². The van der Waals surface area contributed by atoms with Gasteiger partial charge in [-0.15, -0.1) is 6.42 Å². The van der Waals surface area contributed by atoms with E-state index in [-0.39, 0.29) is 22.8 Å². The maximum absolute atomic E-state index is 12.2. The Morgan fingerprint density at radius 3 is 2.58 bits per heavy atom. The van der Waals surface area contributed by atoms with Crippen LogP contribution in [0.4, 0.5) is 5.69 Å². The quantitative estimate of drug-likeness (QED) is 0.458. The van der Waals surface area contributed by atoms with Gasteiger partial charge >= 0.3 is 5.63 Å². The number of ether oxygens (including phenoxy) is 4. The van der Waals surface area contributed by atoms with Crippen LogP contribution in [0, 0.1) is 12.3 Å². The van der Waals surface area contributed by atoms with Crippen LogP contribution in [-0.2, 0) is 14.3 Å². The average molecular weight is 433 g/mol. The summed E-state index contributed by atoms with van der Waals surface area (Å²) < 4.78 is 27.5. The molecule has 0 aliphatic carbocycles. The first-order chi connectivity index (χ1) is 14.6. The van der Waals surface area contributed by atoms with E-state index in [0.29, 0.717) is 5.39 Å². The number of aliphatic hydroxyl groups excluding tert-OH is 2. The van der Waals surface area contributed by atoms with E-state index in [0.717, 1.165) is 0 Å². The number of amides is 1. The van der Waals surface area contributed by atoms with Crippen molar-refractivity contribution < 1.29 is 38.4 Å². The molecule has 2 aromatic rings. The second-order valence-electron chi connectivity index (χ2n) is 7.41. The fraction of sp³-hybridized carbons (Fsp3) is 0.429. The van der Waals surface area contributed by atoms with Crippen molar-refractivity contribution in [1.29, 1.82) is 0 Å². The van der Waals surface area contributed by atoms with Crippen LogP contribution in [0.5, 0.6) is 11.5 Å². The number of terminal acetylenes is 1. The summed E-state index contributed by atoms with van der Waals surface area (Å²) in [5.41, 5.74) is -1.91. The van der Waals surface area contributed by atoms with Crippen molar-refractivity contribution in [2.75, 3.05) is 19.5 Å². The average Bonchev–Trinajstić information content (AvgIpc) is 2.72. The second kappa shape index (κ2) is 8.56. The van der Waals surface area contributed by atoms with Gasteiger partial charge in [0, 0.05) is 12.5 Å². The van der Waals surface area contributed by atoms with Gasteiger partial charge in [0.05, 0.1) is 12.7 Å². The highest BCUT2D eigenvalue weighted by molar-refractivity contribution is 6.04. The molecule has 1 aromatic heterocycles. The van der Waals surface area contributed by atoms with E-state index in [1.54, 1.807) is 19.9 Å². The summed E-state index contributed by atoms with van der Waals surface area (Å²) in [4.78, 5) is 23.6. The molecule has 1 aromatic carbocycles. The minimum atomic E-state index is -1.42. The lowest BCUT2D eigenvalue weighted by Gasteiger charge is -2.46. The molecule has 1 aliphatic rings. The molecule has 3 N–H and O–H groups in total. The molecule has 0 spiro atoms. The van der Waals surface area contributed by atoms with Gasteiger partial charge in [-0.25, -0.2) is 4.79 Å². The number of nitrogens with one attached hydrogen (secondary N) is 1. The SMILES string of the molecule is C#CC(=O)Nc1cc2ccc(OC3OC(C)(C)C(OC)C(O)C3O)c(OC)c2oc1=O. The van der Waals surface area contributed by atoms with Crippen LogP contribution in [0.25, 0.3) is 11.0 Å². The first-order valence-electron chi connectivity index (χ1n) is 9.28. The summed E-state index contributed by atoms with van der Waals surface area (Å²) >= 11 is 0. The number of aliphatic hydroxyl groups is 2. The van der Waals surface area contributed by atoms with E-state index in [9.17, 15) is 19.8 Å². The number of hydrogen-bond acceptors (Lipinski definition) is 9. The third-order valence-electron chi connectivity index (χ3n) is 4.95. The van der Waals surface area contributed by atoms with Crippen molar-refractivity contribution in [3.05, 3.63) is 28.6 Å². The maximum atomic E-state index is 12.2. The van der Waals surface area contributed by atoms with E-state index in [2.05, 4.69) is 5.32 Å².